The maximum Gasteiger partial charge on any atom is 0.228 e. The van der Waals surface area contributed by atoms with E-state index < -0.39 is 0 Å². The topological polar surface area (TPSA) is 88.3 Å². The molecule has 0 spiro atoms. The number of pyridine rings is 1. The molecule has 2 atom stereocenters. The van der Waals surface area contributed by atoms with E-state index in [1.165, 1.54) is 0 Å². The number of anilines is 1. The van der Waals surface area contributed by atoms with Crippen LogP contribution in [-0.4, -0.2) is 40.8 Å². The fraction of sp³-hybridized carbons (Fsp3) is 0.533. The fourth-order valence-corrected chi connectivity index (χ4v) is 3.14. The van der Waals surface area contributed by atoms with Gasteiger partial charge in [-0.25, -0.2) is 0 Å². The van der Waals surface area contributed by atoms with Crippen LogP contribution in [0, 0.1) is 5.92 Å². The Morgan fingerprint density at radius 2 is 2.29 bits per heavy atom. The summed E-state index contributed by atoms with van der Waals surface area (Å²) in [6, 6.07) is 3.80. The van der Waals surface area contributed by atoms with Gasteiger partial charge in [-0.2, -0.15) is 0 Å². The van der Waals surface area contributed by atoms with E-state index in [9.17, 15) is 9.59 Å². The third-order valence-electron chi connectivity index (χ3n) is 4.36. The molecule has 2 aliphatic rings. The van der Waals surface area contributed by atoms with Gasteiger partial charge >= 0.3 is 0 Å². The number of rotatable bonds is 2. The maximum atomic E-state index is 12.4. The van der Waals surface area contributed by atoms with Crippen molar-refractivity contribution in [3.8, 4) is 0 Å². The number of hydrogen-bond acceptors (Lipinski definition) is 4. The SMILES string of the molecule is Nc1ccc(CC(=O)N2CCC3NC(=O)CCC3C2)nc1. The highest BCUT2D eigenvalue weighted by Gasteiger charge is 2.35. The van der Waals surface area contributed by atoms with E-state index in [4.69, 9.17) is 5.73 Å². The number of carbonyl (C=O) groups is 2. The minimum Gasteiger partial charge on any atom is -0.397 e. The van der Waals surface area contributed by atoms with E-state index >= 15 is 0 Å². The minimum atomic E-state index is 0.0996. The third-order valence-corrected chi connectivity index (χ3v) is 4.36. The van der Waals surface area contributed by atoms with Crippen molar-refractivity contribution in [1.29, 1.82) is 0 Å². The number of amides is 2. The summed E-state index contributed by atoms with van der Waals surface area (Å²) >= 11 is 0. The first kappa shape index (κ1) is 13.9. The molecule has 0 radical (unpaired) electrons. The van der Waals surface area contributed by atoms with E-state index in [0.29, 0.717) is 31.0 Å². The average molecular weight is 288 g/mol. The first-order valence-corrected chi connectivity index (χ1v) is 7.39. The van der Waals surface area contributed by atoms with Gasteiger partial charge in [0.2, 0.25) is 11.8 Å². The Balaban J connectivity index is 1.58. The standard InChI is InChI=1S/C15H20N4O2/c16-11-2-3-12(17-8-11)7-15(21)19-6-5-13-10(9-19)1-4-14(20)18-13/h2-3,8,10,13H,1,4-7,9,16H2,(H,18,20). The smallest absolute Gasteiger partial charge is 0.228 e. The predicted molar refractivity (Wildman–Crippen MR) is 78.2 cm³/mol. The first-order chi connectivity index (χ1) is 10.1. The van der Waals surface area contributed by atoms with Crippen molar-refractivity contribution in [1.82, 2.24) is 15.2 Å². The van der Waals surface area contributed by atoms with E-state index in [2.05, 4.69) is 10.3 Å². The Morgan fingerprint density at radius 3 is 3.05 bits per heavy atom. The number of aromatic nitrogens is 1. The lowest BCUT2D eigenvalue weighted by Gasteiger charge is -2.41. The molecule has 2 aliphatic heterocycles. The number of nitrogen functional groups attached to an aromatic ring is 1. The van der Waals surface area contributed by atoms with Gasteiger partial charge in [-0.05, 0) is 30.9 Å². The van der Waals surface area contributed by atoms with Crippen LogP contribution >= 0.6 is 0 Å². The van der Waals surface area contributed by atoms with E-state index in [0.717, 1.165) is 25.1 Å². The molecular weight excluding hydrogens is 268 g/mol. The molecule has 0 aliphatic carbocycles. The van der Waals surface area contributed by atoms with Crippen molar-refractivity contribution in [2.24, 2.45) is 5.92 Å². The second kappa shape index (κ2) is 5.71. The zero-order valence-corrected chi connectivity index (χ0v) is 11.9. The highest BCUT2D eigenvalue weighted by molar-refractivity contribution is 5.79. The molecule has 1 aromatic rings. The summed E-state index contributed by atoms with van der Waals surface area (Å²) in [5.41, 5.74) is 6.94. The summed E-state index contributed by atoms with van der Waals surface area (Å²) in [6.45, 7) is 1.44. The lowest BCUT2D eigenvalue weighted by Crippen LogP contribution is -2.55. The van der Waals surface area contributed by atoms with Crippen LogP contribution in [0.1, 0.15) is 25.0 Å². The number of likely N-dealkylation sites (tertiary alicyclic amines) is 1. The highest BCUT2D eigenvalue weighted by Crippen LogP contribution is 2.25. The van der Waals surface area contributed by atoms with Crippen LogP contribution in [0.3, 0.4) is 0 Å². The molecule has 2 amide bonds. The number of fused-ring (bicyclic) bond motifs is 1. The van der Waals surface area contributed by atoms with Gasteiger partial charge in [0.25, 0.3) is 0 Å². The van der Waals surface area contributed by atoms with Crippen LogP contribution in [-0.2, 0) is 16.0 Å². The molecule has 3 heterocycles. The van der Waals surface area contributed by atoms with E-state index in [1.54, 1.807) is 18.3 Å². The summed E-state index contributed by atoms with van der Waals surface area (Å²) in [4.78, 5) is 29.8. The number of nitrogens with zero attached hydrogens (tertiary/aromatic N) is 2. The van der Waals surface area contributed by atoms with Crippen LogP contribution in [0.25, 0.3) is 0 Å². The maximum absolute atomic E-state index is 12.4. The number of carbonyl (C=O) groups excluding carboxylic acids is 2. The van der Waals surface area contributed by atoms with Gasteiger partial charge in [-0.1, -0.05) is 0 Å². The molecule has 6 nitrogen and oxygen atoms in total. The van der Waals surface area contributed by atoms with Crippen LogP contribution in [0.4, 0.5) is 5.69 Å². The van der Waals surface area contributed by atoms with Crippen molar-refractivity contribution in [2.75, 3.05) is 18.8 Å². The lowest BCUT2D eigenvalue weighted by molar-refractivity contribution is -0.134. The molecule has 2 fully saturated rings. The van der Waals surface area contributed by atoms with Crippen LogP contribution in [0.15, 0.2) is 18.3 Å². The minimum absolute atomic E-state index is 0.0996. The van der Waals surface area contributed by atoms with E-state index in [-0.39, 0.29) is 17.9 Å². The number of nitrogens with one attached hydrogen (secondary N) is 1. The second-order valence-corrected chi connectivity index (χ2v) is 5.86. The molecule has 0 bridgehead atoms. The van der Waals surface area contributed by atoms with Crippen LogP contribution in [0.2, 0.25) is 0 Å². The predicted octanol–water partition coefficient (Wildman–Crippen LogP) is 0.333. The van der Waals surface area contributed by atoms with Gasteiger partial charge in [-0.3, -0.25) is 14.6 Å². The van der Waals surface area contributed by atoms with Crippen LogP contribution < -0.4 is 11.1 Å². The molecule has 3 N–H and O–H groups in total. The third kappa shape index (κ3) is 3.15. The van der Waals surface area contributed by atoms with Crippen molar-refractivity contribution < 1.29 is 9.59 Å². The monoisotopic (exact) mass is 288 g/mol. The van der Waals surface area contributed by atoms with Crippen molar-refractivity contribution in [3.05, 3.63) is 24.0 Å². The Bertz CT molecular complexity index is 543. The van der Waals surface area contributed by atoms with Gasteiger partial charge in [-0.15, -0.1) is 0 Å². The lowest BCUT2D eigenvalue weighted by atomic mass is 9.85. The van der Waals surface area contributed by atoms with Gasteiger partial charge < -0.3 is 16.0 Å². The van der Waals surface area contributed by atoms with Gasteiger partial charge in [0, 0.05) is 31.2 Å². The molecule has 2 saturated heterocycles. The molecule has 2 unspecified atom stereocenters. The van der Waals surface area contributed by atoms with Crippen LogP contribution in [0.5, 0.6) is 0 Å². The largest absolute Gasteiger partial charge is 0.397 e. The van der Waals surface area contributed by atoms with Gasteiger partial charge in [0.15, 0.2) is 0 Å². The number of nitrogens with two attached hydrogens (primary N) is 1. The summed E-state index contributed by atoms with van der Waals surface area (Å²) in [5.74, 6) is 0.629. The molecule has 0 aromatic carbocycles. The summed E-state index contributed by atoms with van der Waals surface area (Å²) in [7, 11) is 0. The Kier molecular flexibility index (Phi) is 3.77. The number of hydrogen-bond donors (Lipinski definition) is 2. The molecule has 112 valence electrons. The fourth-order valence-electron chi connectivity index (χ4n) is 3.14. The second-order valence-electron chi connectivity index (χ2n) is 5.86. The summed E-state index contributed by atoms with van der Waals surface area (Å²) < 4.78 is 0. The van der Waals surface area contributed by atoms with Gasteiger partial charge in [0.05, 0.1) is 18.3 Å². The number of piperidine rings is 2. The summed E-state index contributed by atoms with van der Waals surface area (Å²) in [5, 5.41) is 3.03. The van der Waals surface area contributed by atoms with Crippen molar-refractivity contribution in [3.63, 3.8) is 0 Å². The molecule has 6 heteroatoms. The van der Waals surface area contributed by atoms with Gasteiger partial charge in [0.1, 0.15) is 0 Å². The normalized spacial score (nSPS) is 25.1. The molecule has 1 aromatic heterocycles. The van der Waals surface area contributed by atoms with E-state index in [1.807, 2.05) is 4.90 Å². The molecular formula is C15H20N4O2. The first-order valence-electron chi connectivity index (χ1n) is 7.39. The molecule has 0 saturated carbocycles. The van der Waals surface area contributed by atoms with Crippen molar-refractivity contribution in [2.45, 2.75) is 31.7 Å². The Hall–Kier alpha value is -2.11. The van der Waals surface area contributed by atoms with Crippen molar-refractivity contribution >= 4 is 17.5 Å². The molecule has 3 rings (SSSR count). The average Bonchev–Trinajstić information content (AvgIpc) is 2.49. The highest BCUT2D eigenvalue weighted by atomic mass is 16.2. The Morgan fingerprint density at radius 1 is 1.43 bits per heavy atom. The quantitative estimate of drug-likeness (QED) is 0.821. The summed E-state index contributed by atoms with van der Waals surface area (Å²) in [6.07, 6.45) is 4.18. The Labute approximate surface area is 123 Å². The molecule has 21 heavy (non-hydrogen) atoms. The zero-order valence-electron chi connectivity index (χ0n) is 11.9. The zero-order chi connectivity index (χ0) is 14.8.